The second-order valence-electron chi connectivity index (χ2n) is 6.72. The van der Waals surface area contributed by atoms with Crippen LogP contribution in [0.3, 0.4) is 0 Å². The van der Waals surface area contributed by atoms with Crippen LogP contribution in [0.25, 0.3) is 0 Å². The Morgan fingerprint density at radius 2 is 1.44 bits per heavy atom. The van der Waals surface area contributed by atoms with Gasteiger partial charge < -0.3 is 10.0 Å². The van der Waals surface area contributed by atoms with E-state index >= 15 is 0 Å². The van der Waals surface area contributed by atoms with Gasteiger partial charge in [-0.1, -0.05) is 78.9 Å². The zero-order valence-electron chi connectivity index (χ0n) is 14.9. The zero-order chi connectivity index (χ0) is 19.0. The summed E-state index contributed by atoms with van der Waals surface area (Å²) < 4.78 is 0. The van der Waals surface area contributed by atoms with Crippen molar-refractivity contribution in [3.8, 4) is 0 Å². The number of hydrogen-bond acceptors (Lipinski definition) is 3. The van der Waals surface area contributed by atoms with E-state index in [1.165, 1.54) is 4.90 Å². The second-order valence-corrected chi connectivity index (χ2v) is 6.72. The summed E-state index contributed by atoms with van der Waals surface area (Å²) in [6, 6.07) is 24.9. The van der Waals surface area contributed by atoms with Crippen molar-refractivity contribution in [3.05, 3.63) is 102 Å². The van der Waals surface area contributed by atoms with Crippen molar-refractivity contribution in [1.82, 2.24) is 0 Å². The molecule has 0 saturated heterocycles. The Hall–Kier alpha value is -3.24. The van der Waals surface area contributed by atoms with Crippen molar-refractivity contribution in [2.75, 3.05) is 11.9 Å². The topological polar surface area (TPSA) is 57.6 Å². The molecule has 3 aromatic rings. The molecule has 0 radical (unpaired) electrons. The number of likely N-dealkylation sites (N-methyl/N-ethyl adjacent to an activating group) is 1. The summed E-state index contributed by atoms with van der Waals surface area (Å²) in [4.78, 5) is 28.0. The summed E-state index contributed by atoms with van der Waals surface area (Å²) in [6.07, 6.45) is 0. The maximum Gasteiger partial charge on any atom is 0.264 e. The fourth-order valence-electron chi connectivity index (χ4n) is 3.84. The Labute approximate surface area is 157 Å². The summed E-state index contributed by atoms with van der Waals surface area (Å²) in [7, 11) is 1.62. The lowest BCUT2D eigenvalue weighted by molar-refractivity contribution is -0.137. The number of benzene rings is 3. The van der Waals surface area contributed by atoms with Gasteiger partial charge in [0.1, 0.15) is 0 Å². The summed E-state index contributed by atoms with van der Waals surface area (Å²) in [6.45, 7) is 0. The highest BCUT2D eigenvalue weighted by atomic mass is 16.3. The van der Waals surface area contributed by atoms with Gasteiger partial charge in [-0.15, -0.1) is 0 Å². The third-order valence-electron chi connectivity index (χ3n) is 5.18. The van der Waals surface area contributed by atoms with E-state index < -0.39 is 17.4 Å². The first-order valence-corrected chi connectivity index (χ1v) is 8.79. The van der Waals surface area contributed by atoms with Gasteiger partial charge in [0, 0.05) is 18.2 Å². The van der Waals surface area contributed by atoms with Crippen LogP contribution in [0.5, 0.6) is 0 Å². The molecule has 4 heteroatoms. The van der Waals surface area contributed by atoms with E-state index in [9.17, 15) is 14.7 Å². The van der Waals surface area contributed by atoms with E-state index in [1.807, 2.05) is 18.2 Å². The van der Waals surface area contributed by atoms with Gasteiger partial charge in [-0.3, -0.25) is 9.59 Å². The monoisotopic (exact) mass is 357 g/mol. The smallest absolute Gasteiger partial charge is 0.264 e. The number of Topliss-reactive ketones (excluding diaryl/α,β-unsaturated/α-hetero) is 1. The minimum atomic E-state index is -1.96. The maximum absolute atomic E-state index is 13.5. The molecule has 1 N–H and O–H groups in total. The number of ketones is 1. The van der Waals surface area contributed by atoms with Crippen LogP contribution in [-0.2, 0) is 10.4 Å². The number of nitrogens with zero attached hydrogens (tertiary/aromatic N) is 1. The minimum absolute atomic E-state index is 0.289. The van der Waals surface area contributed by atoms with Gasteiger partial charge in [-0.2, -0.15) is 0 Å². The van der Waals surface area contributed by atoms with Gasteiger partial charge in [0.15, 0.2) is 11.4 Å². The number of amides is 1. The fourth-order valence-corrected chi connectivity index (χ4v) is 3.84. The third kappa shape index (κ3) is 2.57. The van der Waals surface area contributed by atoms with Gasteiger partial charge in [0.05, 0.1) is 11.6 Å². The lowest BCUT2D eigenvalue weighted by Gasteiger charge is -2.31. The number of carbonyl (C=O) groups excluding carboxylic acids is 2. The average Bonchev–Trinajstić information content (AvgIpc) is 2.92. The van der Waals surface area contributed by atoms with Crippen molar-refractivity contribution < 1.29 is 14.7 Å². The van der Waals surface area contributed by atoms with E-state index in [2.05, 4.69) is 0 Å². The lowest BCUT2D eigenvalue weighted by Crippen LogP contribution is -2.46. The van der Waals surface area contributed by atoms with Crippen LogP contribution in [0.2, 0.25) is 0 Å². The predicted molar refractivity (Wildman–Crippen MR) is 104 cm³/mol. The third-order valence-corrected chi connectivity index (χ3v) is 5.18. The van der Waals surface area contributed by atoms with Crippen LogP contribution in [0.1, 0.15) is 27.4 Å². The molecule has 0 unspecified atom stereocenters. The first kappa shape index (κ1) is 17.2. The van der Waals surface area contributed by atoms with E-state index in [4.69, 9.17) is 0 Å². The van der Waals surface area contributed by atoms with Gasteiger partial charge in [0.2, 0.25) is 0 Å². The number of hydrogen-bond donors (Lipinski definition) is 1. The molecule has 27 heavy (non-hydrogen) atoms. The molecule has 1 heterocycles. The van der Waals surface area contributed by atoms with Crippen molar-refractivity contribution in [1.29, 1.82) is 0 Å². The average molecular weight is 357 g/mol. The predicted octanol–water partition coefficient (Wildman–Crippen LogP) is 3.52. The summed E-state index contributed by atoms with van der Waals surface area (Å²) in [5.41, 5.74) is 0.175. The number of anilines is 1. The molecule has 1 amide bonds. The first-order valence-electron chi connectivity index (χ1n) is 8.79. The molecular formula is C23H19NO3. The van der Waals surface area contributed by atoms with Crippen LogP contribution < -0.4 is 4.90 Å². The normalized spacial score (nSPS) is 19.6. The van der Waals surface area contributed by atoms with E-state index in [1.54, 1.807) is 73.8 Å². The largest absolute Gasteiger partial charge is 0.374 e. The highest BCUT2D eigenvalue weighted by Crippen LogP contribution is 2.48. The van der Waals surface area contributed by atoms with Crippen LogP contribution in [-0.4, -0.2) is 23.8 Å². The zero-order valence-corrected chi connectivity index (χ0v) is 14.9. The van der Waals surface area contributed by atoms with Gasteiger partial charge in [-0.05, 0) is 11.6 Å². The Morgan fingerprint density at radius 1 is 0.889 bits per heavy atom. The molecule has 1 aliphatic heterocycles. The molecule has 1 aliphatic rings. The first-order chi connectivity index (χ1) is 13.0. The minimum Gasteiger partial charge on any atom is -0.374 e. The summed E-state index contributed by atoms with van der Waals surface area (Å²) in [5, 5.41) is 11.7. The molecule has 4 rings (SSSR count). The Morgan fingerprint density at radius 3 is 2.11 bits per heavy atom. The number of carbonyl (C=O) groups is 2. The number of rotatable bonds is 4. The van der Waals surface area contributed by atoms with Crippen LogP contribution in [0.15, 0.2) is 84.9 Å². The molecule has 0 spiro atoms. The highest BCUT2D eigenvalue weighted by molar-refractivity contribution is 6.13. The molecule has 134 valence electrons. The number of fused-ring (bicyclic) bond motifs is 1. The molecule has 3 aromatic carbocycles. The van der Waals surface area contributed by atoms with Crippen LogP contribution in [0.4, 0.5) is 5.69 Å². The van der Waals surface area contributed by atoms with Crippen molar-refractivity contribution in [2.24, 2.45) is 0 Å². The SMILES string of the molecule is CN1C(=O)[C@@](O)([C@@H](C(=O)c2ccccc2)c2ccccc2)c2ccccc21. The van der Waals surface area contributed by atoms with Gasteiger partial charge in [0.25, 0.3) is 5.91 Å². The van der Waals surface area contributed by atoms with Gasteiger partial charge >= 0.3 is 0 Å². The van der Waals surface area contributed by atoms with Crippen LogP contribution >= 0.6 is 0 Å². The lowest BCUT2D eigenvalue weighted by atomic mass is 9.74. The summed E-state index contributed by atoms with van der Waals surface area (Å²) in [5.74, 6) is -1.83. The van der Waals surface area contributed by atoms with E-state index in [-0.39, 0.29) is 5.78 Å². The molecule has 0 saturated carbocycles. The van der Waals surface area contributed by atoms with Crippen LogP contribution in [0, 0.1) is 0 Å². The van der Waals surface area contributed by atoms with E-state index in [0.29, 0.717) is 22.4 Å². The Balaban J connectivity index is 1.94. The molecule has 0 bridgehead atoms. The van der Waals surface area contributed by atoms with Crippen molar-refractivity contribution in [2.45, 2.75) is 11.5 Å². The molecule has 2 atom stereocenters. The Kier molecular flexibility index (Phi) is 4.13. The molecule has 0 aliphatic carbocycles. The Bertz CT molecular complexity index is 1000. The highest BCUT2D eigenvalue weighted by Gasteiger charge is 2.56. The second kappa shape index (κ2) is 6.49. The number of aliphatic hydroxyl groups is 1. The molecule has 4 nitrogen and oxygen atoms in total. The van der Waals surface area contributed by atoms with E-state index in [0.717, 1.165) is 0 Å². The van der Waals surface area contributed by atoms with Crippen molar-refractivity contribution >= 4 is 17.4 Å². The summed E-state index contributed by atoms with van der Waals surface area (Å²) >= 11 is 0. The van der Waals surface area contributed by atoms with Gasteiger partial charge in [-0.25, -0.2) is 0 Å². The standard InChI is InChI=1S/C23H19NO3/c1-24-19-15-9-8-14-18(19)23(27,22(24)26)20(16-10-4-2-5-11-16)21(25)17-12-6-3-7-13-17/h2-15,20,27H,1H3/t20-,23+/m1/s1. The van der Waals surface area contributed by atoms with Crippen molar-refractivity contribution in [3.63, 3.8) is 0 Å². The maximum atomic E-state index is 13.5. The fraction of sp³-hybridized carbons (Fsp3) is 0.130. The number of para-hydroxylation sites is 1. The molecular weight excluding hydrogens is 338 g/mol. The molecule has 0 fully saturated rings. The molecule has 0 aromatic heterocycles. The quantitative estimate of drug-likeness (QED) is 0.727.